The van der Waals surface area contributed by atoms with Gasteiger partial charge in [-0.1, -0.05) is 0 Å². The molecule has 0 spiro atoms. The van der Waals surface area contributed by atoms with Gasteiger partial charge < -0.3 is 30.6 Å². The van der Waals surface area contributed by atoms with Gasteiger partial charge in [-0.15, -0.1) is 4.73 Å². The van der Waals surface area contributed by atoms with Crippen LogP contribution in [0.3, 0.4) is 0 Å². The van der Waals surface area contributed by atoms with E-state index in [-0.39, 0.29) is 17.1 Å². The minimum Gasteiger partial charge on any atom is -0.412 e. The predicted molar refractivity (Wildman–Crippen MR) is 71.7 cm³/mol. The van der Waals surface area contributed by atoms with Crippen LogP contribution in [-0.4, -0.2) is 66.6 Å². The average Bonchev–Trinajstić information content (AvgIpc) is 3.03. The number of nitrogen functional groups attached to an aromatic ring is 1. The van der Waals surface area contributed by atoms with Crippen LogP contribution in [0.2, 0.25) is 0 Å². The Hall–Kier alpha value is -2.21. The molecule has 0 amide bonds. The molecule has 1 aliphatic rings. The third-order valence-corrected chi connectivity index (χ3v) is 3.56. The van der Waals surface area contributed by atoms with Crippen LogP contribution in [0.4, 0.5) is 5.95 Å². The van der Waals surface area contributed by atoms with Crippen LogP contribution in [0.25, 0.3) is 11.2 Å². The molecule has 2 aromatic rings. The van der Waals surface area contributed by atoms with Crippen LogP contribution in [0.15, 0.2) is 11.1 Å². The van der Waals surface area contributed by atoms with Crippen LogP contribution in [0.1, 0.15) is 6.23 Å². The number of anilines is 1. The SMILES string of the molecule is COn1c(N)nc(=O)c2ncn([C@@H]3O[C@H](CO)[C@@H](O)[C@H]3O)c21. The Labute approximate surface area is 123 Å². The summed E-state index contributed by atoms with van der Waals surface area (Å²) < 4.78 is 7.76. The fourth-order valence-corrected chi connectivity index (χ4v) is 2.49. The average molecular weight is 313 g/mol. The Morgan fingerprint density at radius 3 is 2.77 bits per heavy atom. The molecule has 5 N–H and O–H groups in total. The normalized spacial score (nSPS) is 28.4. The van der Waals surface area contributed by atoms with Gasteiger partial charge >= 0.3 is 5.56 Å². The molecule has 0 bridgehead atoms. The Bertz CT molecular complexity index is 757. The van der Waals surface area contributed by atoms with Gasteiger partial charge in [0.25, 0.3) is 0 Å². The first kappa shape index (κ1) is 14.7. The van der Waals surface area contributed by atoms with Gasteiger partial charge in [0.2, 0.25) is 5.95 Å². The number of aromatic nitrogens is 4. The maximum atomic E-state index is 11.8. The third-order valence-electron chi connectivity index (χ3n) is 3.56. The molecule has 0 radical (unpaired) electrons. The number of hydrogen-bond donors (Lipinski definition) is 4. The van der Waals surface area contributed by atoms with Crippen LogP contribution in [0, 0.1) is 0 Å². The molecule has 0 unspecified atom stereocenters. The number of nitrogens with zero attached hydrogens (tertiary/aromatic N) is 4. The van der Waals surface area contributed by atoms with E-state index in [4.69, 9.17) is 20.4 Å². The number of aliphatic hydroxyl groups excluding tert-OH is 3. The molecule has 3 rings (SSSR count). The Morgan fingerprint density at radius 2 is 2.18 bits per heavy atom. The molecule has 1 aliphatic heterocycles. The van der Waals surface area contributed by atoms with Gasteiger partial charge in [-0.25, -0.2) is 4.98 Å². The lowest BCUT2D eigenvalue weighted by atomic mass is 10.1. The van der Waals surface area contributed by atoms with E-state index in [0.29, 0.717) is 0 Å². The lowest BCUT2D eigenvalue weighted by molar-refractivity contribution is -0.0520. The summed E-state index contributed by atoms with van der Waals surface area (Å²) in [5.41, 5.74) is 5.06. The maximum Gasteiger partial charge on any atom is 0.302 e. The maximum absolute atomic E-state index is 11.8. The van der Waals surface area contributed by atoms with Crippen LogP contribution in [0.5, 0.6) is 0 Å². The van der Waals surface area contributed by atoms with Crippen molar-refractivity contribution in [1.82, 2.24) is 19.3 Å². The zero-order chi connectivity index (χ0) is 16.0. The standard InChI is InChI=1S/C11H15N5O6/c1-21-16-9-5(8(20)14-11(16)12)13-3-15(9)10-7(19)6(18)4(2-17)22-10/h3-4,6-7,10,17-19H,2H2,1H3,(H2,12,14,20)/t4-,6-,7-,10-/m1/s1. The van der Waals surface area contributed by atoms with Crippen molar-refractivity contribution in [2.45, 2.75) is 24.5 Å². The van der Waals surface area contributed by atoms with Crippen LogP contribution < -0.4 is 16.1 Å². The summed E-state index contributed by atoms with van der Waals surface area (Å²) in [6, 6.07) is 0. The molecule has 4 atom stereocenters. The molecule has 3 heterocycles. The van der Waals surface area contributed by atoms with E-state index in [2.05, 4.69) is 9.97 Å². The second kappa shape index (κ2) is 5.21. The molecule has 2 aromatic heterocycles. The first-order valence-corrected chi connectivity index (χ1v) is 6.41. The lowest BCUT2D eigenvalue weighted by Gasteiger charge is -2.18. The molecule has 1 fully saturated rings. The number of imidazole rings is 1. The van der Waals surface area contributed by atoms with Crippen molar-refractivity contribution in [2.75, 3.05) is 19.5 Å². The number of ether oxygens (including phenoxy) is 1. The smallest absolute Gasteiger partial charge is 0.302 e. The summed E-state index contributed by atoms with van der Waals surface area (Å²) >= 11 is 0. The zero-order valence-corrected chi connectivity index (χ0v) is 11.5. The Balaban J connectivity index is 2.18. The molecule has 0 aromatic carbocycles. The first-order valence-electron chi connectivity index (χ1n) is 6.41. The highest BCUT2D eigenvalue weighted by atomic mass is 16.6. The van der Waals surface area contributed by atoms with Gasteiger partial charge in [-0.05, 0) is 0 Å². The summed E-state index contributed by atoms with van der Waals surface area (Å²) in [7, 11) is 1.32. The van der Waals surface area contributed by atoms with Crippen LogP contribution >= 0.6 is 0 Å². The Morgan fingerprint density at radius 1 is 1.45 bits per heavy atom. The van der Waals surface area contributed by atoms with Gasteiger partial charge in [0.05, 0.1) is 12.9 Å². The number of aliphatic hydroxyl groups is 3. The minimum absolute atomic E-state index is 0.0335. The highest BCUT2D eigenvalue weighted by Crippen LogP contribution is 2.31. The molecule has 22 heavy (non-hydrogen) atoms. The zero-order valence-electron chi connectivity index (χ0n) is 11.5. The number of fused-ring (bicyclic) bond motifs is 1. The second-order valence-corrected chi connectivity index (χ2v) is 4.81. The fourth-order valence-electron chi connectivity index (χ4n) is 2.49. The fraction of sp³-hybridized carbons (Fsp3) is 0.545. The highest BCUT2D eigenvalue weighted by Gasteiger charge is 2.44. The largest absolute Gasteiger partial charge is 0.412 e. The summed E-state index contributed by atoms with van der Waals surface area (Å²) in [6.45, 7) is -0.470. The number of hydrogen-bond acceptors (Lipinski definition) is 9. The number of rotatable bonds is 3. The monoisotopic (exact) mass is 313 g/mol. The van der Waals surface area contributed by atoms with E-state index < -0.39 is 36.7 Å². The second-order valence-electron chi connectivity index (χ2n) is 4.81. The molecule has 120 valence electrons. The van der Waals surface area contributed by atoms with Crippen molar-refractivity contribution in [2.24, 2.45) is 0 Å². The van der Waals surface area contributed by atoms with E-state index >= 15 is 0 Å². The van der Waals surface area contributed by atoms with Gasteiger partial charge in [-0.2, -0.15) is 4.98 Å². The van der Waals surface area contributed by atoms with Crippen molar-refractivity contribution in [1.29, 1.82) is 0 Å². The predicted octanol–water partition coefficient (Wildman–Crippen LogP) is -3.15. The topological polar surface area (TPSA) is 158 Å². The first-order chi connectivity index (χ1) is 10.5. The summed E-state index contributed by atoms with van der Waals surface area (Å²) in [6.07, 6.45) is -3.40. The van der Waals surface area contributed by atoms with E-state index in [9.17, 15) is 15.0 Å². The van der Waals surface area contributed by atoms with Gasteiger partial charge in [0.1, 0.15) is 25.4 Å². The van der Waals surface area contributed by atoms with Gasteiger partial charge in [0, 0.05) is 0 Å². The van der Waals surface area contributed by atoms with Crippen molar-refractivity contribution in [3.63, 3.8) is 0 Å². The summed E-state index contributed by atoms with van der Waals surface area (Å²) in [5, 5.41) is 29.1. The summed E-state index contributed by atoms with van der Waals surface area (Å²) in [4.78, 5) is 24.4. The Kier molecular flexibility index (Phi) is 3.48. The van der Waals surface area contributed by atoms with Gasteiger partial charge in [-0.3, -0.25) is 9.36 Å². The summed E-state index contributed by atoms with van der Waals surface area (Å²) in [5.74, 6) is -0.200. The number of nitrogens with two attached hydrogens (primary N) is 1. The molecule has 11 heteroatoms. The molecular weight excluding hydrogens is 298 g/mol. The molecule has 0 aliphatic carbocycles. The van der Waals surface area contributed by atoms with Crippen molar-refractivity contribution < 1.29 is 24.9 Å². The quantitative estimate of drug-likeness (QED) is 0.459. The molecule has 1 saturated heterocycles. The highest BCUT2D eigenvalue weighted by molar-refractivity contribution is 5.71. The van der Waals surface area contributed by atoms with E-state index in [1.54, 1.807) is 0 Å². The third kappa shape index (κ3) is 1.94. The van der Waals surface area contributed by atoms with Crippen molar-refractivity contribution in [3.8, 4) is 0 Å². The molecule has 0 saturated carbocycles. The van der Waals surface area contributed by atoms with E-state index in [0.717, 1.165) is 4.73 Å². The van der Waals surface area contributed by atoms with E-state index in [1.807, 2.05) is 0 Å². The van der Waals surface area contributed by atoms with Crippen molar-refractivity contribution in [3.05, 3.63) is 16.7 Å². The van der Waals surface area contributed by atoms with Crippen molar-refractivity contribution >= 4 is 17.1 Å². The minimum atomic E-state index is -1.33. The molecule has 11 nitrogen and oxygen atoms in total. The van der Waals surface area contributed by atoms with Crippen LogP contribution in [-0.2, 0) is 4.74 Å². The molecular formula is C11H15N5O6. The van der Waals surface area contributed by atoms with Gasteiger partial charge in [0.15, 0.2) is 17.4 Å². The van der Waals surface area contributed by atoms with E-state index in [1.165, 1.54) is 18.0 Å². The lowest BCUT2D eigenvalue weighted by Crippen LogP contribution is -2.33.